The zero-order chi connectivity index (χ0) is 17.8. The zero-order valence-corrected chi connectivity index (χ0v) is 14.7. The van der Waals surface area contributed by atoms with Crippen LogP contribution >= 0.6 is 0 Å². The molecule has 0 spiro atoms. The summed E-state index contributed by atoms with van der Waals surface area (Å²) in [4.78, 5) is 17.3. The summed E-state index contributed by atoms with van der Waals surface area (Å²) in [5.74, 6) is 3.81. The smallest absolute Gasteiger partial charge is 0.254 e. The molecule has 6 heteroatoms. The van der Waals surface area contributed by atoms with E-state index in [4.69, 9.17) is 20.6 Å². The number of methoxy groups -OCH3 is 1. The maximum absolute atomic E-state index is 13.0. The fraction of sp³-hybridized carbons (Fsp3) is 0.526. The largest absolute Gasteiger partial charge is 0.493 e. The maximum atomic E-state index is 13.0. The predicted octanol–water partition coefficient (Wildman–Crippen LogP) is 1.11. The van der Waals surface area contributed by atoms with Gasteiger partial charge >= 0.3 is 0 Å². The molecular weight excluding hydrogens is 320 g/mol. The monoisotopic (exact) mass is 344 g/mol. The molecule has 6 nitrogen and oxygen atoms in total. The second kappa shape index (κ2) is 7.77. The van der Waals surface area contributed by atoms with Gasteiger partial charge in [-0.1, -0.05) is 5.92 Å². The van der Waals surface area contributed by atoms with Crippen LogP contribution in [-0.4, -0.2) is 75.4 Å². The third-order valence-electron chi connectivity index (χ3n) is 4.75. The highest BCUT2D eigenvalue weighted by atomic mass is 16.5. The molecule has 2 fully saturated rings. The first-order valence-electron chi connectivity index (χ1n) is 8.44. The van der Waals surface area contributed by atoms with E-state index in [2.05, 4.69) is 17.9 Å². The third-order valence-corrected chi connectivity index (χ3v) is 4.75. The summed E-state index contributed by atoms with van der Waals surface area (Å²) >= 11 is 0. The van der Waals surface area contributed by atoms with Gasteiger partial charge in [-0.15, -0.1) is 6.42 Å². The Morgan fingerprint density at radius 3 is 2.92 bits per heavy atom. The van der Waals surface area contributed by atoms with Crippen molar-refractivity contribution in [3.8, 4) is 23.8 Å². The molecule has 2 atom stereocenters. The average Bonchev–Trinajstić information content (AvgIpc) is 2.87. The van der Waals surface area contributed by atoms with Crippen molar-refractivity contribution in [3.63, 3.8) is 0 Å². The van der Waals surface area contributed by atoms with E-state index < -0.39 is 0 Å². The summed E-state index contributed by atoms with van der Waals surface area (Å²) in [5, 5.41) is 0. The van der Waals surface area contributed by atoms with Crippen molar-refractivity contribution in [3.05, 3.63) is 23.8 Å². The molecule has 2 aliphatic heterocycles. The van der Waals surface area contributed by atoms with Crippen molar-refractivity contribution >= 4 is 5.91 Å². The molecule has 0 saturated carbocycles. The molecule has 1 aromatic carbocycles. The lowest BCUT2D eigenvalue weighted by Crippen LogP contribution is -2.44. The fourth-order valence-corrected chi connectivity index (χ4v) is 3.44. The predicted molar refractivity (Wildman–Crippen MR) is 94.0 cm³/mol. The van der Waals surface area contributed by atoms with E-state index in [-0.39, 0.29) is 18.6 Å². The number of benzene rings is 1. The zero-order valence-electron chi connectivity index (χ0n) is 14.7. The van der Waals surface area contributed by atoms with Gasteiger partial charge in [-0.2, -0.15) is 0 Å². The summed E-state index contributed by atoms with van der Waals surface area (Å²) in [6.45, 7) is 3.81. The van der Waals surface area contributed by atoms with E-state index in [9.17, 15) is 4.79 Å². The van der Waals surface area contributed by atoms with Crippen LogP contribution in [0.2, 0.25) is 0 Å². The Labute approximate surface area is 148 Å². The van der Waals surface area contributed by atoms with Crippen molar-refractivity contribution in [1.82, 2.24) is 9.80 Å². The van der Waals surface area contributed by atoms with Crippen LogP contribution in [0.3, 0.4) is 0 Å². The van der Waals surface area contributed by atoms with Crippen LogP contribution in [0.5, 0.6) is 11.5 Å². The van der Waals surface area contributed by atoms with Crippen LogP contribution in [-0.2, 0) is 4.74 Å². The lowest BCUT2D eigenvalue weighted by atomic mass is 10.1. The highest BCUT2D eigenvalue weighted by molar-refractivity contribution is 5.95. The third kappa shape index (κ3) is 3.89. The van der Waals surface area contributed by atoms with Gasteiger partial charge in [0, 0.05) is 31.1 Å². The summed E-state index contributed by atoms with van der Waals surface area (Å²) in [7, 11) is 3.66. The number of carbonyl (C=O) groups excluding carboxylic acids is 1. The molecular formula is C19H24N2O4. The van der Waals surface area contributed by atoms with Crippen LogP contribution in [0.4, 0.5) is 0 Å². The first kappa shape index (κ1) is 17.6. The minimum absolute atomic E-state index is 0.000380. The van der Waals surface area contributed by atoms with Crippen molar-refractivity contribution in [2.24, 2.45) is 5.92 Å². The van der Waals surface area contributed by atoms with E-state index in [1.165, 1.54) is 0 Å². The van der Waals surface area contributed by atoms with E-state index in [1.54, 1.807) is 25.3 Å². The van der Waals surface area contributed by atoms with Crippen molar-refractivity contribution in [1.29, 1.82) is 0 Å². The van der Waals surface area contributed by atoms with E-state index >= 15 is 0 Å². The van der Waals surface area contributed by atoms with Crippen LogP contribution < -0.4 is 9.47 Å². The van der Waals surface area contributed by atoms with Gasteiger partial charge < -0.3 is 19.1 Å². The van der Waals surface area contributed by atoms with E-state index in [1.807, 2.05) is 4.90 Å². The number of fused-ring (bicyclic) bond motifs is 3. The number of amides is 1. The molecule has 0 aromatic heterocycles. The molecule has 3 rings (SSSR count). The highest BCUT2D eigenvalue weighted by Crippen LogP contribution is 2.29. The number of hydrogen-bond acceptors (Lipinski definition) is 5. The maximum Gasteiger partial charge on any atom is 0.254 e. The van der Waals surface area contributed by atoms with Crippen molar-refractivity contribution in [2.45, 2.75) is 6.04 Å². The number of hydrogen-bond donors (Lipinski definition) is 0. The molecule has 0 unspecified atom stereocenters. The number of likely N-dealkylation sites (N-methyl/N-ethyl adjacent to an activating group) is 1. The van der Waals surface area contributed by atoms with Crippen molar-refractivity contribution < 1.29 is 19.0 Å². The molecule has 1 aromatic rings. The van der Waals surface area contributed by atoms with E-state index in [0.29, 0.717) is 49.3 Å². The fourth-order valence-electron chi connectivity index (χ4n) is 3.44. The van der Waals surface area contributed by atoms with Crippen LogP contribution in [0.1, 0.15) is 10.4 Å². The molecule has 2 heterocycles. The molecule has 1 amide bonds. The van der Waals surface area contributed by atoms with Gasteiger partial charge in [0.25, 0.3) is 5.91 Å². The summed E-state index contributed by atoms with van der Waals surface area (Å²) in [5.41, 5.74) is 0.580. The van der Waals surface area contributed by atoms with Crippen molar-refractivity contribution in [2.75, 3.05) is 53.6 Å². The van der Waals surface area contributed by atoms with Gasteiger partial charge in [-0.3, -0.25) is 9.69 Å². The van der Waals surface area contributed by atoms with Gasteiger partial charge in [-0.05, 0) is 25.2 Å². The topological polar surface area (TPSA) is 51.2 Å². The Kier molecular flexibility index (Phi) is 5.47. The standard InChI is InChI=1S/C19H24N2O4/c1-4-7-25-18-8-15(5-6-17(18)23-3)19(22)21-10-14-9-20(2)16(11-21)13-24-12-14/h1,5-6,8,14,16H,7,9-13H2,2-3H3/t14-,16+/m1/s1. The van der Waals surface area contributed by atoms with Crippen LogP contribution in [0, 0.1) is 18.3 Å². The second-order valence-corrected chi connectivity index (χ2v) is 6.57. The lowest BCUT2D eigenvalue weighted by Gasteiger charge is -2.30. The number of rotatable bonds is 4. The Bertz CT molecular complexity index is 670. The Morgan fingerprint density at radius 2 is 2.16 bits per heavy atom. The van der Waals surface area contributed by atoms with Gasteiger partial charge in [0.15, 0.2) is 11.5 Å². The van der Waals surface area contributed by atoms with Gasteiger partial charge in [-0.25, -0.2) is 0 Å². The molecule has 2 bridgehead atoms. The normalized spacial score (nSPS) is 23.5. The number of nitrogens with zero attached hydrogens (tertiary/aromatic N) is 2. The van der Waals surface area contributed by atoms with Gasteiger partial charge in [0.2, 0.25) is 0 Å². The van der Waals surface area contributed by atoms with Crippen LogP contribution in [0.25, 0.3) is 0 Å². The van der Waals surface area contributed by atoms with Gasteiger partial charge in [0.05, 0.1) is 26.4 Å². The highest BCUT2D eigenvalue weighted by Gasteiger charge is 2.33. The molecule has 0 radical (unpaired) electrons. The molecule has 25 heavy (non-hydrogen) atoms. The lowest BCUT2D eigenvalue weighted by molar-refractivity contribution is 0.0433. The molecule has 134 valence electrons. The van der Waals surface area contributed by atoms with Gasteiger partial charge in [0.1, 0.15) is 6.61 Å². The molecule has 0 N–H and O–H groups in total. The quantitative estimate of drug-likeness (QED) is 0.766. The average molecular weight is 344 g/mol. The number of carbonyl (C=O) groups is 1. The van der Waals surface area contributed by atoms with E-state index in [0.717, 1.165) is 6.54 Å². The first-order valence-corrected chi connectivity index (χ1v) is 8.44. The Morgan fingerprint density at radius 1 is 1.32 bits per heavy atom. The molecule has 2 aliphatic rings. The summed E-state index contributed by atoms with van der Waals surface area (Å²) in [6, 6.07) is 5.45. The van der Waals surface area contributed by atoms with Crippen LogP contribution in [0.15, 0.2) is 18.2 Å². The molecule has 0 aliphatic carbocycles. The Balaban J connectivity index is 1.81. The minimum Gasteiger partial charge on any atom is -0.493 e. The Hall–Kier alpha value is -2.23. The SMILES string of the molecule is C#CCOc1cc(C(=O)N2C[C@@H]3COC[C@H](C2)N(C)C3)ccc1OC. The summed E-state index contributed by atoms with van der Waals surface area (Å²) < 4.78 is 16.5. The number of terminal acetylenes is 1. The molecule has 2 saturated heterocycles. The number of ether oxygens (including phenoxy) is 3. The minimum atomic E-state index is 0.000380. The second-order valence-electron chi connectivity index (χ2n) is 6.57. The first-order chi connectivity index (χ1) is 12.1. The summed E-state index contributed by atoms with van der Waals surface area (Å²) in [6.07, 6.45) is 5.26.